The normalized spacial score (nSPS) is 12.2. The van der Waals surface area contributed by atoms with E-state index in [2.05, 4.69) is 29.1 Å². The number of nitrogens with one attached hydrogen (secondary N) is 2. The third-order valence-corrected chi connectivity index (χ3v) is 3.27. The molecule has 0 fully saturated rings. The molecule has 1 heterocycles. The third kappa shape index (κ3) is 4.28. The molecule has 0 spiro atoms. The van der Waals surface area contributed by atoms with Gasteiger partial charge < -0.3 is 10.3 Å². The van der Waals surface area contributed by atoms with Crippen LogP contribution in [-0.2, 0) is 0 Å². The Morgan fingerprint density at radius 2 is 1.95 bits per heavy atom. The van der Waals surface area contributed by atoms with Crippen LogP contribution in [0.3, 0.4) is 0 Å². The van der Waals surface area contributed by atoms with Crippen LogP contribution in [0.5, 0.6) is 0 Å². The minimum Gasteiger partial charge on any atom is -0.342 e. The van der Waals surface area contributed by atoms with Crippen LogP contribution in [0.2, 0.25) is 0 Å². The number of nitrogens with zero attached hydrogens (tertiary/aromatic N) is 1. The smallest absolute Gasteiger partial charge is 0.251 e. The zero-order chi connectivity index (χ0) is 16.1. The molecule has 1 atom stereocenters. The van der Waals surface area contributed by atoms with Gasteiger partial charge in [0.25, 0.3) is 11.5 Å². The number of H-pyrrole nitrogens is 1. The number of benzene rings is 1. The van der Waals surface area contributed by atoms with Crippen molar-refractivity contribution in [1.29, 1.82) is 0 Å². The molecule has 2 aromatic rings. The highest BCUT2D eigenvalue weighted by Gasteiger charge is 2.19. The maximum Gasteiger partial charge on any atom is 0.251 e. The maximum atomic E-state index is 12.3. The van der Waals surface area contributed by atoms with Crippen molar-refractivity contribution in [3.63, 3.8) is 0 Å². The second-order valence-corrected chi connectivity index (χ2v) is 5.79. The topological polar surface area (TPSA) is 74.8 Å². The SMILES string of the molecule is Cc1cc(=O)[nH]c(C(CC(C)C)NC(=O)c2ccccc2)n1. The molecule has 1 amide bonds. The molecule has 0 aliphatic rings. The van der Waals surface area contributed by atoms with Gasteiger partial charge in [0, 0.05) is 17.3 Å². The van der Waals surface area contributed by atoms with Crippen LogP contribution < -0.4 is 10.9 Å². The molecule has 1 aromatic carbocycles. The minimum absolute atomic E-state index is 0.171. The Morgan fingerprint density at radius 1 is 1.27 bits per heavy atom. The van der Waals surface area contributed by atoms with Crippen LogP contribution in [0.15, 0.2) is 41.2 Å². The quantitative estimate of drug-likeness (QED) is 0.891. The molecule has 0 radical (unpaired) electrons. The van der Waals surface area contributed by atoms with Crippen LogP contribution in [0, 0.1) is 12.8 Å². The van der Waals surface area contributed by atoms with Crippen molar-refractivity contribution in [1.82, 2.24) is 15.3 Å². The van der Waals surface area contributed by atoms with Crippen molar-refractivity contribution in [3.05, 3.63) is 63.8 Å². The van der Waals surface area contributed by atoms with E-state index >= 15 is 0 Å². The molecule has 22 heavy (non-hydrogen) atoms. The molecule has 0 saturated heterocycles. The van der Waals surface area contributed by atoms with Crippen LogP contribution >= 0.6 is 0 Å². The summed E-state index contributed by atoms with van der Waals surface area (Å²) >= 11 is 0. The summed E-state index contributed by atoms with van der Waals surface area (Å²) in [6, 6.07) is 10.1. The van der Waals surface area contributed by atoms with E-state index in [9.17, 15) is 9.59 Å². The number of hydrogen-bond acceptors (Lipinski definition) is 3. The maximum absolute atomic E-state index is 12.3. The van der Waals surface area contributed by atoms with E-state index in [0.29, 0.717) is 29.4 Å². The summed E-state index contributed by atoms with van der Waals surface area (Å²) in [5.41, 5.74) is 1.03. The monoisotopic (exact) mass is 299 g/mol. The van der Waals surface area contributed by atoms with E-state index in [4.69, 9.17) is 0 Å². The number of carbonyl (C=O) groups is 1. The lowest BCUT2D eigenvalue weighted by atomic mass is 10.0. The predicted molar refractivity (Wildman–Crippen MR) is 85.7 cm³/mol. The summed E-state index contributed by atoms with van der Waals surface area (Å²) in [5, 5.41) is 2.96. The molecule has 1 aromatic heterocycles. The molecule has 116 valence electrons. The van der Waals surface area contributed by atoms with Gasteiger partial charge in [-0.05, 0) is 31.4 Å². The molecule has 0 bridgehead atoms. The summed E-state index contributed by atoms with van der Waals surface area (Å²) in [6.45, 7) is 5.90. The number of aryl methyl sites for hydroxylation is 1. The lowest BCUT2D eigenvalue weighted by Gasteiger charge is -2.20. The number of rotatable bonds is 5. The Morgan fingerprint density at radius 3 is 2.55 bits per heavy atom. The first kappa shape index (κ1) is 15.9. The lowest BCUT2D eigenvalue weighted by molar-refractivity contribution is 0.0929. The fourth-order valence-corrected chi connectivity index (χ4v) is 2.31. The molecule has 0 saturated carbocycles. The predicted octanol–water partition coefficient (Wildman–Crippen LogP) is 2.60. The van der Waals surface area contributed by atoms with Gasteiger partial charge in [-0.1, -0.05) is 32.0 Å². The fraction of sp³-hybridized carbons (Fsp3) is 0.353. The van der Waals surface area contributed by atoms with Crippen molar-refractivity contribution in [2.45, 2.75) is 33.2 Å². The number of aromatic nitrogens is 2. The van der Waals surface area contributed by atoms with E-state index in [-0.39, 0.29) is 17.5 Å². The first-order chi connectivity index (χ1) is 10.5. The van der Waals surface area contributed by atoms with E-state index in [0.717, 1.165) is 0 Å². The second-order valence-electron chi connectivity index (χ2n) is 5.79. The van der Waals surface area contributed by atoms with Crippen molar-refractivity contribution < 1.29 is 4.79 Å². The van der Waals surface area contributed by atoms with Gasteiger partial charge in [-0.2, -0.15) is 0 Å². The molecular formula is C17H21N3O2. The fourth-order valence-electron chi connectivity index (χ4n) is 2.31. The molecular weight excluding hydrogens is 278 g/mol. The molecule has 0 aliphatic carbocycles. The number of carbonyl (C=O) groups excluding carboxylic acids is 1. The van der Waals surface area contributed by atoms with Gasteiger partial charge in [0.1, 0.15) is 5.82 Å². The zero-order valence-electron chi connectivity index (χ0n) is 13.1. The summed E-state index contributed by atoms with van der Waals surface area (Å²) in [5.74, 6) is 0.685. The van der Waals surface area contributed by atoms with E-state index < -0.39 is 0 Å². The first-order valence-electron chi connectivity index (χ1n) is 7.39. The standard InChI is InChI=1S/C17H21N3O2/c1-11(2)9-14(16-18-12(3)10-15(21)20-16)19-17(22)13-7-5-4-6-8-13/h4-8,10-11,14H,9H2,1-3H3,(H,19,22)(H,18,20,21). The highest BCUT2D eigenvalue weighted by Crippen LogP contribution is 2.18. The van der Waals surface area contributed by atoms with Gasteiger partial charge >= 0.3 is 0 Å². The van der Waals surface area contributed by atoms with E-state index in [1.807, 2.05) is 18.2 Å². The molecule has 5 heteroatoms. The summed E-state index contributed by atoms with van der Waals surface area (Å²) in [4.78, 5) is 31.1. The Balaban J connectivity index is 2.26. The van der Waals surface area contributed by atoms with E-state index in [1.165, 1.54) is 6.07 Å². The van der Waals surface area contributed by atoms with Gasteiger partial charge in [-0.25, -0.2) is 4.98 Å². The van der Waals surface area contributed by atoms with E-state index in [1.54, 1.807) is 19.1 Å². The van der Waals surface area contributed by atoms with Gasteiger partial charge in [0.2, 0.25) is 0 Å². The van der Waals surface area contributed by atoms with Crippen molar-refractivity contribution >= 4 is 5.91 Å². The third-order valence-electron chi connectivity index (χ3n) is 3.27. The summed E-state index contributed by atoms with van der Waals surface area (Å²) in [6.07, 6.45) is 0.699. The van der Waals surface area contributed by atoms with Crippen LogP contribution in [-0.4, -0.2) is 15.9 Å². The zero-order valence-corrected chi connectivity index (χ0v) is 13.1. The van der Waals surface area contributed by atoms with Crippen LogP contribution in [0.1, 0.15) is 48.2 Å². The second kappa shape index (κ2) is 7.02. The Labute approximate surface area is 129 Å². The van der Waals surface area contributed by atoms with Gasteiger partial charge in [-0.3, -0.25) is 9.59 Å². The average Bonchev–Trinajstić information content (AvgIpc) is 2.46. The summed E-state index contributed by atoms with van der Waals surface area (Å²) < 4.78 is 0. The van der Waals surface area contributed by atoms with Crippen molar-refractivity contribution in [3.8, 4) is 0 Å². The minimum atomic E-state index is -0.319. The van der Waals surface area contributed by atoms with Gasteiger partial charge in [0.05, 0.1) is 6.04 Å². The van der Waals surface area contributed by atoms with Crippen LogP contribution in [0.4, 0.5) is 0 Å². The number of hydrogen-bond donors (Lipinski definition) is 2. The van der Waals surface area contributed by atoms with Gasteiger partial charge in [0.15, 0.2) is 0 Å². The highest BCUT2D eigenvalue weighted by atomic mass is 16.1. The molecule has 1 unspecified atom stereocenters. The Kier molecular flexibility index (Phi) is 5.09. The lowest BCUT2D eigenvalue weighted by Crippen LogP contribution is -2.32. The highest BCUT2D eigenvalue weighted by molar-refractivity contribution is 5.94. The van der Waals surface area contributed by atoms with Crippen molar-refractivity contribution in [2.75, 3.05) is 0 Å². The van der Waals surface area contributed by atoms with Gasteiger partial charge in [-0.15, -0.1) is 0 Å². The molecule has 2 N–H and O–H groups in total. The first-order valence-corrected chi connectivity index (χ1v) is 7.39. The number of amides is 1. The summed E-state index contributed by atoms with van der Waals surface area (Å²) in [7, 11) is 0. The molecule has 0 aliphatic heterocycles. The van der Waals surface area contributed by atoms with Crippen LogP contribution in [0.25, 0.3) is 0 Å². The molecule has 5 nitrogen and oxygen atoms in total. The average molecular weight is 299 g/mol. The number of aromatic amines is 1. The molecule has 2 rings (SSSR count). The largest absolute Gasteiger partial charge is 0.342 e. The Hall–Kier alpha value is -2.43. The Bertz CT molecular complexity index is 693. The van der Waals surface area contributed by atoms with Crippen molar-refractivity contribution in [2.24, 2.45) is 5.92 Å².